The van der Waals surface area contributed by atoms with E-state index in [1.54, 1.807) is 0 Å². The predicted octanol–water partition coefficient (Wildman–Crippen LogP) is 1.93. The zero-order chi connectivity index (χ0) is 8.85. The molecule has 0 aromatic rings. The molecule has 0 heterocycles. The second kappa shape index (κ2) is 5.58. The van der Waals surface area contributed by atoms with Crippen LogP contribution in [0.2, 0.25) is 0 Å². The van der Waals surface area contributed by atoms with Crippen molar-refractivity contribution in [3.63, 3.8) is 0 Å². The third kappa shape index (κ3) is 7.85. The van der Waals surface area contributed by atoms with Gasteiger partial charge in [0.15, 0.2) is 0 Å². The summed E-state index contributed by atoms with van der Waals surface area (Å²) in [6, 6.07) is 0. The summed E-state index contributed by atoms with van der Waals surface area (Å²) in [5.41, 5.74) is 0. The lowest BCUT2D eigenvalue weighted by Crippen LogP contribution is -2.27. The number of hydrogen-bond donors (Lipinski definition) is 1. The minimum absolute atomic E-state index is 0.0400. The fraction of sp³-hybridized carbons (Fsp3) is 0.875. The van der Waals surface area contributed by atoms with Crippen LogP contribution in [0.25, 0.3) is 0 Å². The highest BCUT2D eigenvalue weighted by molar-refractivity contribution is 9.09. The summed E-state index contributed by atoms with van der Waals surface area (Å²) in [4.78, 5) is 10.9. The van der Waals surface area contributed by atoms with Gasteiger partial charge in [-0.05, 0) is 12.3 Å². The van der Waals surface area contributed by atoms with Crippen molar-refractivity contribution < 1.29 is 4.79 Å². The Hall–Kier alpha value is -0.0500. The third-order valence-electron chi connectivity index (χ3n) is 1.30. The van der Waals surface area contributed by atoms with Crippen molar-refractivity contribution in [3.8, 4) is 0 Å². The molecule has 0 rings (SSSR count). The maximum Gasteiger partial charge on any atom is 0.216 e. The van der Waals surface area contributed by atoms with Gasteiger partial charge in [-0.3, -0.25) is 4.79 Å². The summed E-state index contributed by atoms with van der Waals surface area (Å²) >= 11 is 3.49. The Morgan fingerprint density at radius 3 is 2.45 bits per heavy atom. The van der Waals surface area contributed by atoms with Gasteiger partial charge in [-0.15, -0.1) is 0 Å². The summed E-state index contributed by atoms with van der Waals surface area (Å²) in [7, 11) is 0. The Bertz CT molecular complexity index is 125. The van der Waals surface area contributed by atoms with Crippen LogP contribution in [0.5, 0.6) is 0 Å². The average molecular weight is 222 g/mol. The molecule has 0 aliphatic rings. The van der Waals surface area contributed by atoms with Crippen LogP contribution >= 0.6 is 15.9 Å². The summed E-state index contributed by atoms with van der Waals surface area (Å²) in [5.74, 6) is 0.714. The van der Waals surface area contributed by atoms with Crippen molar-refractivity contribution in [3.05, 3.63) is 0 Å². The molecule has 0 bridgehead atoms. The van der Waals surface area contributed by atoms with Crippen molar-refractivity contribution in [2.75, 3.05) is 6.54 Å². The van der Waals surface area contributed by atoms with Gasteiger partial charge in [-0.1, -0.05) is 29.8 Å². The van der Waals surface area contributed by atoms with Gasteiger partial charge in [-0.25, -0.2) is 0 Å². The van der Waals surface area contributed by atoms with Crippen molar-refractivity contribution >= 4 is 21.8 Å². The summed E-state index contributed by atoms with van der Waals surface area (Å²) in [6.07, 6.45) is 1.10. The van der Waals surface area contributed by atoms with E-state index in [1.165, 1.54) is 6.92 Å². The van der Waals surface area contributed by atoms with Crippen LogP contribution in [0.15, 0.2) is 0 Å². The fourth-order valence-electron chi connectivity index (χ4n) is 0.849. The Morgan fingerprint density at radius 1 is 1.55 bits per heavy atom. The third-order valence-corrected chi connectivity index (χ3v) is 2.00. The number of nitrogens with one attached hydrogen (secondary N) is 1. The lowest BCUT2D eigenvalue weighted by molar-refractivity contribution is -0.118. The zero-order valence-electron chi connectivity index (χ0n) is 7.36. The molecule has 0 fully saturated rings. The topological polar surface area (TPSA) is 29.1 Å². The quantitative estimate of drug-likeness (QED) is 0.723. The minimum Gasteiger partial charge on any atom is -0.355 e. The second-order valence-electron chi connectivity index (χ2n) is 3.16. The van der Waals surface area contributed by atoms with Crippen LogP contribution in [0.1, 0.15) is 27.2 Å². The maximum atomic E-state index is 10.5. The van der Waals surface area contributed by atoms with E-state index in [0.29, 0.717) is 10.7 Å². The molecule has 1 amide bonds. The number of alkyl halides is 1. The van der Waals surface area contributed by atoms with Gasteiger partial charge < -0.3 is 5.32 Å². The minimum atomic E-state index is 0.0400. The van der Waals surface area contributed by atoms with Crippen molar-refractivity contribution in [1.82, 2.24) is 5.32 Å². The van der Waals surface area contributed by atoms with Gasteiger partial charge >= 0.3 is 0 Å². The van der Waals surface area contributed by atoms with Crippen LogP contribution in [0, 0.1) is 5.92 Å². The maximum absolute atomic E-state index is 10.5. The van der Waals surface area contributed by atoms with Gasteiger partial charge in [0.2, 0.25) is 5.91 Å². The molecule has 1 atom stereocenters. The monoisotopic (exact) mass is 221 g/mol. The molecule has 2 nitrogen and oxygen atoms in total. The molecule has 0 saturated carbocycles. The van der Waals surface area contributed by atoms with Gasteiger partial charge in [0.25, 0.3) is 0 Å². The Kier molecular flexibility index (Phi) is 5.56. The first-order valence-electron chi connectivity index (χ1n) is 3.91. The normalized spacial score (nSPS) is 13.2. The Balaban J connectivity index is 3.37. The van der Waals surface area contributed by atoms with Crippen LogP contribution < -0.4 is 5.32 Å². The number of rotatable bonds is 4. The molecule has 1 unspecified atom stereocenters. The van der Waals surface area contributed by atoms with Gasteiger partial charge in [0.05, 0.1) is 0 Å². The van der Waals surface area contributed by atoms with E-state index < -0.39 is 0 Å². The predicted molar refractivity (Wildman–Crippen MR) is 50.9 cm³/mol. The number of carbonyl (C=O) groups excluding carboxylic acids is 1. The first-order valence-corrected chi connectivity index (χ1v) is 4.82. The largest absolute Gasteiger partial charge is 0.355 e. The molecule has 0 radical (unpaired) electrons. The zero-order valence-corrected chi connectivity index (χ0v) is 8.94. The molecule has 0 aromatic carbocycles. The van der Waals surface area contributed by atoms with Crippen molar-refractivity contribution in [2.45, 2.75) is 32.0 Å². The fourth-order valence-corrected chi connectivity index (χ4v) is 1.76. The van der Waals surface area contributed by atoms with Crippen LogP contribution in [-0.2, 0) is 4.79 Å². The molecule has 1 N–H and O–H groups in total. The molecule has 0 saturated heterocycles. The molecule has 0 aliphatic heterocycles. The average Bonchev–Trinajstić information content (AvgIpc) is 1.82. The van der Waals surface area contributed by atoms with E-state index in [4.69, 9.17) is 0 Å². The van der Waals surface area contributed by atoms with E-state index in [-0.39, 0.29) is 5.91 Å². The summed E-state index contributed by atoms with van der Waals surface area (Å²) in [6.45, 7) is 6.60. The Morgan fingerprint density at radius 2 is 2.09 bits per heavy atom. The molecule has 66 valence electrons. The van der Waals surface area contributed by atoms with Crippen molar-refractivity contribution in [2.24, 2.45) is 5.92 Å². The standard InChI is InChI=1S/C8H16BrNO/c1-6(2)4-8(9)5-10-7(3)11/h6,8H,4-5H2,1-3H3,(H,10,11). The van der Waals surface area contributed by atoms with E-state index in [9.17, 15) is 4.79 Å². The Labute approximate surface area is 76.9 Å². The highest BCUT2D eigenvalue weighted by atomic mass is 79.9. The van der Waals surface area contributed by atoms with E-state index in [0.717, 1.165) is 13.0 Å². The first kappa shape index (κ1) is 11.0. The molecule has 0 aromatic heterocycles. The van der Waals surface area contributed by atoms with E-state index >= 15 is 0 Å². The van der Waals surface area contributed by atoms with Gasteiger partial charge in [0, 0.05) is 18.3 Å². The second-order valence-corrected chi connectivity index (χ2v) is 4.46. The van der Waals surface area contributed by atoms with Gasteiger partial charge in [0.1, 0.15) is 0 Å². The number of amides is 1. The number of halogens is 1. The lowest BCUT2D eigenvalue weighted by Gasteiger charge is -2.11. The van der Waals surface area contributed by atoms with E-state index in [1.807, 2.05) is 0 Å². The molecule has 11 heavy (non-hydrogen) atoms. The smallest absolute Gasteiger partial charge is 0.216 e. The molecule has 3 heteroatoms. The molecular formula is C8H16BrNO. The highest BCUT2D eigenvalue weighted by Gasteiger charge is 2.06. The summed E-state index contributed by atoms with van der Waals surface area (Å²) < 4.78 is 0. The molecule has 0 aliphatic carbocycles. The highest BCUT2D eigenvalue weighted by Crippen LogP contribution is 2.11. The van der Waals surface area contributed by atoms with Crippen LogP contribution in [0.4, 0.5) is 0 Å². The molecular weight excluding hydrogens is 206 g/mol. The van der Waals surface area contributed by atoms with Crippen molar-refractivity contribution in [1.29, 1.82) is 0 Å². The van der Waals surface area contributed by atoms with Crippen LogP contribution in [0.3, 0.4) is 0 Å². The number of hydrogen-bond acceptors (Lipinski definition) is 1. The van der Waals surface area contributed by atoms with Gasteiger partial charge in [-0.2, -0.15) is 0 Å². The first-order chi connectivity index (χ1) is 5.02. The van der Waals surface area contributed by atoms with E-state index in [2.05, 4.69) is 35.1 Å². The lowest BCUT2D eigenvalue weighted by atomic mass is 10.1. The van der Waals surface area contributed by atoms with Crippen LogP contribution in [-0.4, -0.2) is 17.3 Å². The SMILES string of the molecule is CC(=O)NCC(Br)CC(C)C. The summed E-state index contributed by atoms with van der Waals surface area (Å²) in [5, 5.41) is 2.76. The molecule has 0 spiro atoms. The number of carbonyl (C=O) groups is 1.